The highest BCUT2D eigenvalue weighted by Crippen LogP contribution is 2.43. The van der Waals surface area contributed by atoms with Crippen molar-refractivity contribution in [2.45, 2.75) is 162 Å². The molecule has 4 atom stereocenters. The van der Waals surface area contributed by atoms with Gasteiger partial charge < -0.3 is 33.5 Å². The van der Waals surface area contributed by atoms with Gasteiger partial charge in [0.1, 0.15) is 31.3 Å². The Kier molecular flexibility index (Phi) is 32.0. The number of hydrogen-bond acceptors (Lipinski definition) is 10. The Morgan fingerprint density at radius 3 is 1.87 bits per heavy atom. The molecule has 12 nitrogen and oxygen atoms in total. The first-order valence-corrected chi connectivity index (χ1v) is 24.7. The van der Waals surface area contributed by atoms with E-state index < -0.39 is 44.7 Å². The number of phosphoric acid groups is 1. The van der Waals surface area contributed by atoms with E-state index in [0.717, 1.165) is 69.3 Å². The van der Waals surface area contributed by atoms with Gasteiger partial charge in [-0.25, -0.2) is 4.57 Å². The minimum atomic E-state index is -4.44. The van der Waals surface area contributed by atoms with Crippen molar-refractivity contribution in [1.82, 2.24) is 0 Å². The number of nitrogens with zero attached hydrogens (tertiary/aromatic N) is 1. The molecule has 358 valence electrons. The second kappa shape index (κ2) is 35.0. The maximum Gasteiger partial charge on any atom is 0.472 e. The molecule has 63 heavy (non-hydrogen) atoms. The van der Waals surface area contributed by atoms with Crippen molar-refractivity contribution in [3.05, 3.63) is 95.6 Å². The van der Waals surface area contributed by atoms with Crippen molar-refractivity contribution < 1.29 is 56.7 Å². The topological polar surface area (TPSA) is 162 Å². The van der Waals surface area contributed by atoms with Gasteiger partial charge >= 0.3 is 19.8 Å². The first kappa shape index (κ1) is 57.7. The third-order valence-corrected chi connectivity index (χ3v) is 11.1. The molecule has 1 rings (SSSR count). The molecule has 0 spiro atoms. The Bertz CT molecular complexity index is 1620. The molecule has 0 aromatic carbocycles. The molecule has 0 saturated carbocycles. The van der Waals surface area contributed by atoms with E-state index in [2.05, 4.69) is 20.8 Å². The third kappa shape index (κ3) is 32.0. The second-order valence-electron chi connectivity index (χ2n) is 17.0. The minimum absolute atomic E-state index is 0.0123. The lowest BCUT2D eigenvalue weighted by molar-refractivity contribution is -0.870. The summed E-state index contributed by atoms with van der Waals surface area (Å²) in [5.74, 6) is 1.28. The number of ether oxygens (including phenoxy) is 2. The molecule has 1 heterocycles. The molecule has 0 aliphatic heterocycles. The Hall–Kier alpha value is -3.35. The van der Waals surface area contributed by atoms with Gasteiger partial charge in [0, 0.05) is 25.7 Å². The zero-order valence-corrected chi connectivity index (χ0v) is 40.6. The summed E-state index contributed by atoms with van der Waals surface area (Å²) in [7, 11) is 1.33. The second-order valence-corrected chi connectivity index (χ2v) is 18.5. The average molecular weight is 905 g/mol. The molecule has 1 aromatic heterocycles. The predicted molar refractivity (Wildman–Crippen MR) is 253 cm³/mol. The maximum absolute atomic E-state index is 12.7. The Morgan fingerprint density at radius 2 is 1.27 bits per heavy atom. The molecule has 0 fully saturated rings. The molecule has 0 saturated heterocycles. The van der Waals surface area contributed by atoms with Crippen molar-refractivity contribution >= 4 is 19.8 Å². The van der Waals surface area contributed by atoms with Crippen LogP contribution in [0.2, 0.25) is 0 Å². The van der Waals surface area contributed by atoms with E-state index in [1.54, 1.807) is 36.5 Å². The normalized spacial score (nSPS) is 15.1. The highest BCUT2D eigenvalue weighted by atomic mass is 31.2. The predicted octanol–water partition coefficient (Wildman–Crippen LogP) is 10.6. The standard InChI is InChI=1S/C50H82NO11P/c1-8-10-23-31-44(52)33-25-21-22-26-34-45(53)32-24-17-15-16-20-29-37-50(55)61-46(41-60-63(56,57)59-39-38-51(5,6)7)40-58-49(54)36-28-19-14-12-11-13-18-27-35-48-43(4)42(3)47(62-48)30-9-2/h10,16-17,20-26,33-34,44-46,52-53H,8-9,11-15,18-19,27-32,35-41H2,1-7H3/p+1/b20-16-,22-21-,23-10-,24-17-,33-25+,34-26+/t44-,45+,46+/m0/s1. The number of esters is 2. The van der Waals surface area contributed by atoms with E-state index >= 15 is 0 Å². The highest BCUT2D eigenvalue weighted by Gasteiger charge is 2.27. The van der Waals surface area contributed by atoms with Gasteiger partial charge in [-0.3, -0.25) is 18.6 Å². The number of carbonyl (C=O) groups excluding carboxylic acids is 2. The maximum atomic E-state index is 12.7. The van der Waals surface area contributed by atoms with Gasteiger partial charge in [-0.15, -0.1) is 0 Å². The third-order valence-electron chi connectivity index (χ3n) is 10.1. The molecule has 1 unspecified atom stereocenters. The van der Waals surface area contributed by atoms with Crippen LogP contribution >= 0.6 is 7.82 Å². The van der Waals surface area contributed by atoms with Crippen LogP contribution in [0.4, 0.5) is 0 Å². The van der Waals surface area contributed by atoms with E-state index in [4.69, 9.17) is 22.9 Å². The van der Waals surface area contributed by atoms with Gasteiger partial charge in [-0.2, -0.15) is 0 Å². The smallest absolute Gasteiger partial charge is 0.466 e. The largest absolute Gasteiger partial charge is 0.472 e. The first-order valence-electron chi connectivity index (χ1n) is 23.2. The van der Waals surface area contributed by atoms with Crippen molar-refractivity contribution in [2.75, 3.05) is 47.5 Å². The lowest BCUT2D eigenvalue weighted by Crippen LogP contribution is -2.37. The van der Waals surface area contributed by atoms with Crippen molar-refractivity contribution in [1.29, 1.82) is 0 Å². The quantitative estimate of drug-likeness (QED) is 0.0145. The number of allylic oxidation sites excluding steroid dienone is 8. The summed E-state index contributed by atoms with van der Waals surface area (Å²) in [6.07, 6.45) is 34.5. The Morgan fingerprint density at radius 1 is 0.698 bits per heavy atom. The molecule has 13 heteroatoms. The number of carbonyl (C=O) groups is 2. The first-order chi connectivity index (χ1) is 30.1. The Balaban J connectivity index is 2.43. The summed E-state index contributed by atoms with van der Waals surface area (Å²) >= 11 is 0. The van der Waals surface area contributed by atoms with E-state index in [1.165, 1.54) is 24.0 Å². The van der Waals surface area contributed by atoms with Gasteiger partial charge in [-0.05, 0) is 76.3 Å². The SMILES string of the molecule is CC/C=C\C[C@H](O)/C=C/C=C\C=C\[C@H](O)C/C=C\C/C=C\CCC(=O)O[C@H](COC(=O)CCCCCCCCCCc1oc(CCC)c(C)c1C)COP(=O)(O)OCC[N+](C)(C)C. The number of aryl methyl sites for hydroxylation is 2. The van der Waals surface area contributed by atoms with Crippen molar-refractivity contribution in [3.63, 3.8) is 0 Å². The number of hydrogen-bond donors (Lipinski definition) is 3. The number of quaternary nitrogens is 1. The summed E-state index contributed by atoms with van der Waals surface area (Å²) in [6, 6.07) is 0. The fourth-order valence-corrected chi connectivity index (χ4v) is 6.94. The summed E-state index contributed by atoms with van der Waals surface area (Å²) in [5.41, 5.74) is 2.61. The number of rotatable bonds is 37. The van der Waals surface area contributed by atoms with E-state index in [-0.39, 0.29) is 26.1 Å². The van der Waals surface area contributed by atoms with Gasteiger partial charge in [-0.1, -0.05) is 125 Å². The lowest BCUT2D eigenvalue weighted by atomic mass is 10.0. The number of aliphatic hydroxyl groups is 2. The minimum Gasteiger partial charge on any atom is -0.466 e. The van der Waals surface area contributed by atoms with Gasteiger partial charge in [0.05, 0.1) is 40.0 Å². The fourth-order valence-electron chi connectivity index (χ4n) is 6.20. The highest BCUT2D eigenvalue weighted by molar-refractivity contribution is 7.47. The van der Waals surface area contributed by atoms with Crippen LogP contribution in [0.25, 0.3) is 0 Å². The molecule has 0 aliphatic carbocycles. The van der Waals surface area contributed by atoms with Crippen LogP contribution in [0.15, 0.2) is 77.3 Å². The summed E-state index contributed by atoms with van der Waals surface area (Å²) in [4.78, 5) is 35.5. The Labute approximate surface area is 380 Å². The fraction of sp³-hybridized carbons (Fsp3) is 0.640. The van der Waals surface area contributed by atoms with E-state index in [9.17, 15) is 29.3 Å². The van der Waals surface area contributed by atoms with Crippen LogP contribution in [0.1, 0.15) is 139 Å². The van der Waals surface area contributed by atoms with Crippen molar-refractivity contribution in [3.8, 4) is 0 Å². The zero-order chi connectivity index (χ0) is 46.8. The number of likely N-dealkylation sites (N-methyl/N-ethyl adjacent to an activating group) is 1. The summed E-state index contributed by atoms with van der Waals surface area (Å²) < 4.78 is 40.3. The van der Waals surface area contributed by atoms with Gasteiger partial charge in [0.2, 0.25) is 0 Å². The van der Waals surface area contributed by atoms with E-state index in [1.807, 2.05) is 64.5 Å². The lowest BCUT2D eigenvalue weighted by Gasteiger charge is -2.24. The van der Waals surface area contributed by atoms with Gasteiger partial charge in [0.15, 0.2) is 6.10 Å². The molecule has 0 radical (unpaired) electrons. The van der Waals surface area contributed by atoms with Crippen LogP contribution in [0.3, 0.4) is 0 Å². The summed E-state index contributed by atoms with van der Waals surface area (Å²) in [6.45, 7) is 8.21. The zero-order valence-electron chi connectivity index (χ0n) is 39.7. The van der Waals surface area contributed by atoms with Crippen LogP contribution in [0.5, 0.6) is 0 Å². The molecular weight excluding hydrogens is 822 g/mol. The van der Waals surface area contributed by atoms with Crippen LogP contribution in [0, 0.1) is 13.8 Å². The number of aliphatic hydroxyl groups excluding tert-OH is 2. The molecule has 1 aromatic rings. The van der Waals surface area contributed by atoms with Crippen LogP contribution in [-0.4, -0.2) is 97.3 Å². The number of unbranched alkanes of at least 4 members (excludes halogenated alkanes) is 7. The van der Waals surface area contributed by atoms with Crippen LogP contribution < -0.4 is 0 Å². The number of phosphoric ester groups is 1. The summed E-state index contributed by atoms with van der Waals surface area (Å²) in [5, 5.41) is 20.0. The molecule has 0 bridgehead atoms. The van der Waals surface area contributed by atoms with Crippen molar-refractivity contribution in [2.24, 2.45) is 0 Å². The van der Waals surface area contributed by atoms with E-state index in [0.29, 0.717) is 43.1 Å². The monoisotopic (exact) mass is 905 g/mol. The van der Waals surface area contributed by atoms with Crippen LogP contribution in [-0.2, 0) is 45.5 Å². The molecular formula is C50H83NO11P+. The molecule has 3 N–H and O–H groups in total. The number of furan rings is 1. The molecule has 0 amide bonds. The molecule has 0 aliphatic rings. The van der Waals surface area contributed by atoms with Gasteiger partial charge in [0.25, 0.3) is 0 Å². The average Bonchev–Trinajstić information content (AvgIpc) is 3.49.